The monoisotopic (exact) mass is 1600 g/mol. The Labute approximate surface area is 659 Å². The maximum Gasteiger partial charge on any atom is 0.305 e. The fraction of sp³-hybridized carbons (Fsp3) is 0.800. The van der Waals surface area contributed by atoms with Gasteiger partial charge in [0.05, 0.1) is 38.6 Å². The average Bonchev–Trinajstić information content (AvgIpc) is 0.827. The Bertz CT molecular complexity index is 2580. The summed E-state index contributed by atoms with van der Waals surface area (Å²) in [5.74, 6) is -0.274. The molecule has 640 valence electrons. The lowest BCUT2D eigenvalue weighted by molar-refractivity contribution is -0.293. The predicted molar refractivity (Wildman–Crippen MR) is 414 cm³/mol. The fourth-order valence-corrected chi connectivity index (χ4v) is 11.6. The number of ketones is 2. The van der Waals surface area contributed by atoms with E-state index in [2.05, 4.69) is 35.6 Å². The van der Waals surface area contributed by atoms with Crippen molar-refractivity contribution in [2.45, 2.75) is 335 Å². The van der Waals surface area contributed by atoms with Gasteiger partial charge in [0.1, 0.15) is 54.3 Å². The molecule has 0 radical (unpaired) electrons. The van der Waals surface area contributed by atoms with Crippen LogP contribution in [0.15, 0.2) is 48.6 Å². The zero-order valence-corrected chi connectivity index (χ0v) is 68.9. The molecule has 8 unspecified atom stereocenters. The number of Topliss-reactive ketones (excluding diaryl/α,β-unsaturated/α-hetero) is 2. The quantitative estimate of drug-likeness (QED) is 0.00894. The molecule has 0 aromatic rings. The number of alkyl halides is 1. The molecule has 4 fully saturated rings. The van der Waals surface area contributed by atoms with Gasteiger partial charge in [0.15, 0.2) is 30.5 Å². The van der Waals surface area contributed by atoms with Crippen molar-refractivity contribution in [2.24, 2.45) is 29.4 Å². The molecule has 0 aromatic carbocycles. The molecule has 4 rings (SSSR count). The third kappa shape index (κ3) is 50.8. The van der Waals surface area contributed by atoms with Crippen LogP contribution in [0.4, 0.5) is 0 Å². The number of ether oxygens (including phenoxy) is 11. The minimum Gasteiger partial charge on any atom is -0.481 e. The second kappa shape index (κ2) is 66.1. The molecule has 20 atom stereocenters. The summed E-state index contributed by atoms with van der Waals surface area (Å²) < 4.78 is 58.3. The number of allylic oxidation sites excluding steroid dienone is 8. The molecule has 0 aromatic heterocycles. The van der Waals surface area contributed by atoms with Crippen molar-refractivity contribution in [3.8, 4) is 0 Å². The number of rotatable bonds is 43. The Balaban J connectivity index is 0. The Morgan fingerprint density at radius 3 is 1.24 bits per heavy atom. The lowest BCUT2D eigenvalue weighted by Gasteiger charge is -2.42. The third-order valence-electron chi connectivity index (χ3n) is 18.7. The second-order valence-corrected chi connectivity index (χ2v) is 28.3. The molecule has 1 amide bonds. The van der Waals surface area contributed by atoms with Crippen LogP contribution in [0.5, 0.6) is 0 Å². The zero-order chi connectivity index (χ0) is 83.5. The maximum absolute atomic E-state index is 11.9. The van der Waals surface area contributed by atoms with Gasteiger partial charge in [-0.2, -0.15) is 0 Å². The number of aliphatic hydroxyl groups is 7. The number of methoxy groups -OCH3 is 2. The summed E-state index contributed by atoms with van der Waals surface area (Å²) in [6, 6.07) is 0. The molecule has 4 heterocycles. The van der Waals surface area contributed by atoms with Gasteiger partial charge < -0.3 is 104 Å². The summed E-state index contributed by atoms with van der Waals surface area (Å²) in [6.45, 7) is 24.6. The number of nitrogens with two attached hydrogens (primary N) is 1. The number of amides is 1. The van der Waals surface area contributed by atoms with Gasteiger partial charge in [-0.05, 0) is 137 Å². The highest BCUT2D eigenvalue weighted by atomic mass is 35.5. The highest BCUT2D eigenvalue weighted by Gasteiger charge is 2.45. The smallest absolute Gasteiger partial charge is 0.305 e. The molecular formula is C80H141ClN2O27. The molecule has 0 saturated carbocycles. The Morgan fingerprint density at radius 1 is 0.436 bits per heavy atom. The normalized spacial score (nSPS) is 27.7. The number of esters is 4. The van der Waals surface area contributed by atoms with E-state index in [4.69, 9.17) is 70.2 Å². The zero-order valence-electron chi connectivity index (χ0n) is 68.2. The largest absolute Gasteiger partial charge is 0.481 e. The number of carboxylic acid groups (broad SMARTS) is 1. The van der Waals surface area contributed by atoms with Crippen molar-refractivity contribution < 1.29 is 131 Å². The van der Waals surface area contributed by atoms with Gasteiger partial charge in [-0.15, -0.1) is 0 Å². The number of nitrogens with one attached hydrogen (secondary N) is 1. The number of carbonyl (C=O) groups is 8. The van der Waals surface area contributed by atoms with Gasteiger partial charge >= 0.3 is 29.8 Å². The van der Waals surface area contributed by atoms with Crippen molar-refractivity contribution in [1.82, 2.24) is 5.32 Å². The number of carboxylic acids is 1. The molecule has 29 nitrogen and oxygen atoms in total. The lowest BCUT2D eigenvalue weighted by atomic mass is 9.84. The first-order valence-corrected chi connectivity index (χ1v) is 39.7. The number of halogens is 1. The highest BCUT2D eigenvalue weighted by molar-refractivity contribution is 6.20. The third-order valence-corrected chi connectivity index (χ3v) is 19.1. The minimum absolute atomic E-state index is 0.000984. The topological polar surface area (TPSA) is 438 Å². The summed E-state index contributed by atoms with van der Waals surface area (Å²) in [5, 5.41) is 77.7. The van der Waals surface area contributed by atoms with Gasteiger partial charge in [0.2, 0.25) is 5.91 Å². The van der Waals surface area contributed by atoms with E-state index in [9.17, 15) is 69.0 Å². The summed E-state index contributed by atoms with van der Waals surface area (Å²) in [5.41, 5.74) is 4.82. The molecule has 4 aliphatic heterocycles. The number of aliphatic hydroxyl groups excluding tert-OH is 7. The number of hydrogen-bond donors (Lipinski definition) is 10. The number of aliphatic carboxylic acids is 1. The molecule has 110 heavy (non-hydrogen) atoms. The fourth-order valence-electron chi connectivity index (χ4n) is 11.2. The first kappa shape index (κ1) is 107. The first-order chi connectivity index (χ1) is 52.2. The van der Waals surface area contributed by atoms with Gasteiger partial charge in [0, 0.05) is 110 Å². The molecule has 0 spiro atoms. The van der Waals surface area contributed by atoms with E-state index < -0.39 is 79.2 Å². The SMILES string of the molecule is C/C=C/C=C/CCC(=O)NCCCC(=O)CCCCCO[C@@H]1OC(C)[C@H](O)[C@H](O)C1O.C/C=C/C=C/CCC(=O)O.CC(=O)OC1[C@H](Cl)OC(C)[C@H](C)[C@@H]1C.CC1O[C@@H](OCCCCCC(=O)CCCN)C(O)[C@@H](O)[C@H]1O.COC(=O)CCCCCO.COC(=O)CCCCCO[C@@H]1OC(C)[C@H](C)[C@H](C)C1OC(C)=O. The molecular weight excluding hydrogens is 1460 g/mol. The van der Waals surface area contributed by atoms with E-state index in [0.717, 1.165) is 77.0 Å². The van der Waals surface area contributed by atoms with Crippen molar-refractivity contribution >= 4 is 58.9 Å². The number of unbranched alkanes of at least 4 members (excludes halogenated alkanes) is 8. The van der Waals surface area contributed by atoms with Gasteiger partial charge in [0.25, 0.3) is 0 Å². The molecule has 0 bridgehead atoms. The van der Waals surface area contributed by atoms with Crippen molar-refractivity contribution in [3.63, 3.8) is 0 Å². The number of hydrogen-bond acceptors (Lipinski definition) is 27. The summed E-state index contributed by atoms with van der Waals surface area (Å²) >= 11 is 5.98. The van der Waals surface area contributed by atoms with Crippen molar-refractivity contribution in [2.75, 3.05) is 53.7 Å². The lowest BCUT2D eigenvalue weighted by Crippen LogP contribution is -2.57. The van der Waals surface area contributed by atoms with Gasteiger partial charge in [-0.3, -0.25) is 38.4 Å². The van der Waals surface area contributed by atoms with E-state index in [1.54, 1.807) is 13.8 Å². The molecule has 30 heteroatoms. The van der Waals surface area contributed by atoms with E-state index in [-0.39, 0.29) is 90.6 Å². The average molecular weight is 1600 g/mol. The van der Waals surface area contributed by atoms with E-state index in [0.29, 0.717) is 115 Å². The first-order valence-electron chi connectivity index (χ1n) is 39.3. The summed E-state index contributed by atoms with van der Waals surface area (Å²) in [4.78, 5) is 88.7. The maximum atomic E-state index is 11.9. The van der Waals surface area contributed by atoms with Crippen LogP contribution in [-0.2, 0) is 90.5 Å². The molecule has 0 aliphatic carbocycles. The number of carbonyl (C=O) groups excluding carboxylic acids is 7. The van der Waals surface area contributed by atoms with Crippen LogP contribution in [-0.4, -0.2) is 240 Å². The Kier molecular flexibility index (Phi) is 64.2. The van der Waals surface area contributed by atoms with Crippen molar-refractivity contribution in [1.29, 1.82) is 0 Å². The highest BCUT2D eigenvalue weighted by Crippen LogP contribution is 2.35. The Morgan fingerprint density at radius 2 is 0.818 bits per heavy atom. The van der Waals surface area contributed by atoms with Crippen LogP contribution in [0.3, 0.4) is 0 Å². The van der Waals surface area contributed by atoms with Crippen LogP contribution in [0.1, 0.15) is 237 Å². The molecule has 11 N–H and O–H groups in total. The molecule has 4 aliphatic rings. The van der Waals surface area contributed by atoms with Gasteiger partial charge in [-0.25, -0.2) is 0 Å². The minimum atomic E-state index is -1.30. The van der Waals surface area contributed by atoms with Crippen LogP contribution in [0.25, 0.3) is 0 Å². The Hall–Kier alpha value is -5.19. The standard InChI is InChI=1S/C23H39NO7.C17H30O6.C15H29NO6.C10H17ClO3.C8H12O2.C7H14O3/c1-3-4-5-6-9-14-19(26)24-15-11-13-18(25)12-8-7-10-16-30-23-22(29)21(28)20(27)17(2)31-23;1-11-12(2)16(23-14(4)18)17(22-13(11)3)21-10-8-6-7-9-15(19)20-5;1-10-12(18)13(19)14(20)15(22-10)21-9-4-2-3-6-11(17)7-5-8-16;1-5-6(2)9(14-8(4)12)10(11)13-7(5)3;1-2-3-4-5-6-7-8(9)10;1-10-7(9)5-3-2-4-6-8/h3-6,17,20-23,27-29H,7-16H2,1-2H3,(H,24,26);11-13,16-17H,6-10H2,1-5H3;10,12-15,18-20H,2-9,16H2,1H3;5-7,9-10H,1-4H3;2-5H,6-7H2,1H3,(H,9,10);8H,2-6H2,1H3/b4-3+,6-5+;;;;3-2+,5-4+;/t17?,20-,21-,22?,23+;11-,12+,13?,16?,17-;10?,12-,13-,14?,15+;5-,6+,7?,9?,10-;;/m0101../s1. The van der Waals surface area contributed by atoms with Crippen LogP contribution in [0, 0.1) is 23.7 Å². The second-order valence-electron chi connectivity index (χ2n) is 27.9. The summed E-state index contributed by atoms with van der Waals surface area (Å²) in [6.07, 6.45) is 19.5. The predicted octanol–water partition coefficient (Wildman–Crippen LogP) is 9.02. The van der Waals surface area contributed by atoms with E-state index >= 15 is 0 Å². The van der Waals surface area contributed by atoms with Crippen molar-refractivity contribution in [3.05, 3.63) is 48.6 Å². The van der Waals surface area contributed by atoms with Gasteiger partial charge in [-0.1, -0.05) is 114 Å². The van der Waals surface area contributed by atoms with E-state index in [1.165, 1.54) is 28.1 Å². The van der Waals surface area contributed by atoms with Crippen LogP contribution in [0.2, 0.25) is 0 Å². The van der Waals surface area contributed by atoms with Crippen LogP contribution >= 0.6 is 11.6 Å². The summed E-state index contributed by atoms with van der Waals surface area (Å²) in [7, 11) is 2.78. The van der Waals surface area contributed by atoms with Crippen LogP contribution < -0.4 is 11.1 Å². The van der Waals surface area contributed by atoms with E-state index in [1.807, 2.05) is 83.2 Å². The molecule has 4 saturated heterocycles.